The molecule has 0 saturated carbocycles. The summed E-state index contributed by atoms with van der Waals surface area (Å²) in [6.07, 6.45) is 4.64. The number of fused-ring (bicyclic) bond motifs is 1. The molecule has 1 aromatic heterocycles. The SMILES string of the molecule is Cc1cc(N)c(NC(=O)c2cc3c(s2)CCCC3)c(Br)c1. The fraction of sp³-hybridized carbons (Fsp3) is 0.312. The number of hydrogen-bond donors (Lipinski definition) is 2. The predicted octanol–water partition coefficient (Wildman–Crippen LogP) is 4.53. The molecule has 0 spiro atoms. The van der Waals surface area contributed by atoms with Crippen LogP contribution in [-0.4, -0.2) is 5.91 Å². The number of carbonyl (C=O) groups excluding carboxylic acids is 1. The average molecular weight is 365 g/mol. The molecular weight excluding hydrogens is 348 g/mol. The quantitative estimate of drug-likeness (QED) is 0.768. The lowest BCUT2D eigenvalue weighted by Gasteiger charge is -2.10. The molecule has 0 unspecified atom stereocenters. The Labute approximate surface area is 136 Å². The Morgan fingerprint density at radius 2 is 2.05 bits per heavy atom. The number of nitrogen functional groups attached to an aromatic ring is 1. The van der Waals surface area contributed by atoms with Crippen molar-refractivity contribution in [1.29, 1.82) is 0 Å². The highest BCUT2D eigenvalue weighted by atomic mass is 79.9. The molecule has 1 amide bonds. The largest absolute Gasteiger partial charge is 0.397 e. The van der Waals surface area contributed by atoms with E-state index in [1.54, 1.807) is 11.3 Å². The van der Waals surface area contributed by atoms with E-state index in [9.17, 15) is 4.79 Å². The van der Waals surface area contributed by atoms with E-state index in [0.717, 1.165) is 27.8 Å². The van der Waals surface area contributed by atoms with Crippen LogP contribution in [0.15, 0.2) is 22.7 Å². The van der Waals surface area contributed by atoms with Crippen molar-refractivity contribution < 1.29 is 4.79 Å². The van der Waals surface area contributed by atoms with E-state index >= 15 is 0 Å². The molecule has 0 radical (unpaired) electrons. The minimum atomic E-state index is -0.0781. The van der Waals surface area contributed by atoms with Gasteiger partial charge in [0.1, 0.15) is 0 Å². The van der Waals surface area contributed by atoms with Gasteiger partial charge in [0.2, 0.25) is 0 Å². The maximum atomic E-state index is 12.4. The van der Waals surface area contributed by atoms with Crippen molar-refractivity contribution in [2.75, 3.05) is 11.1 Å². The van der Waals surface area contributed by atoms with Crippen molar-refractivity contribution >= 4 is 44.5 Å². The number of halogens is 1. The molecule has 2 aromatic rings. The number of anilines is 2. The summed E-state index contributed by atoms with van der Waals surface area (Å²) < 4.78 is 0.815. The summed E-state index contributed by atoms with van der Waals surface area (Å²) in [6, 6.07) is 5.85. The second-order valence-corrected chi connectivity index (χ2v) is 7.42. The van der Waals surface area contributed by atoms with Crippen LogP contribution in [0.5, 0.6) is 0 Å². The van der Waals surface area contributed by atoms with Crippen molar-refractivity contribution in [3.8, 4) is 0 Å². The Morgan fingerprint density at radius 3 is 2.76 bits per heavy atom. The summed E-state index contributed by atoms with van der Waals surface area (Å²) in [5.41, 5.74) is 9.63. The Balaban J connectivity index is 1.85. The van der Waals surface area contributed by atoms with Crippen LogP contribution in [0.1, 0.15) is 38.5 Å². The topological polar surface area (TPSA) is 55.1 Å². The summed E-state index contributed by atoms with van der Waals surface area (Å²) in [7, 11) is 0. The standard InChI is InChI=1S/C16H17BrN2OS/c1-9-6-11(17)15(12(18)7-9)19-16(20)14-8-10-4-2-3-5-13(10)21-14/h6-8H,2-5,18H2,1H3,(H,19,20). The van der Waals surface area contributed by atoms with Crippen LogP contribution in [0.4, 0.5) is 11.4 Å². The number of rotatable bonds is 2. The molecule has 0 atom stereocenters. The Bertz CT molecular complexity index is 662. The molecule has 1 aliphatic rings. The first-order chi connectivity index (χ1) is 10.0. The third-order valence-corrected chi connectivity index (χ3v) is 5.59. The van der Waals surface area contributed by atoms with Gasteiger partial charge in [-0.1, -0.05) is 0 Å². The predicted molar refractivity (Wildman–Crippen MR) is 92.2 cm³/mol. The highest BCUT2D eigenvalue weighted by Crippen LogP contribution is 2.33. The number of hydrogen-bond acceptors (Lipinski definition) is 3. The molecule has 0 fully saturated rings. The van der Waals surface area contributed by atoms with E-state index in [2.05, 4.69) is 21.2 Å². The molecule has 0 saturated heterocycles. The molecule has 1 heterocycles. The van der Waals surface area contributed by atoms with Crippen LogP contribution in [0.2, 0.25) is 0 Å². The van der Waals surface area contributed by atoms with E-state index in [-0.39, 0.29) is 5.91 Å². The molecule has 1 aromatic carbocycles. The summed E-state index contributed by atoms with van der Waals surface area (Å²) in [5, 5.41) is 2.93. The molecule has 0 bridgehead atoms. The maximum Gasteiger partial charge on any atom is 0.265 e. The van der Waals surface area contributed by atoms with Crippen LogP contribution < -0.4 is 11.1 Å². The molecule has 3 N–H and O–H groups in total. The number of benzene rings is 1. The molecule has 5 heteroatoms. The van der Waals surface area contributed by atoms with Crippen LogP contribution in [0.25, 0.3) is 0 Å². The van der Waals surface area contributed by atoms with Crippen molar-refractivity contribution in [2.45, 2.75) is 32.6 Å². The number of thiophene rings is 1. The fourth-order valence-electron chi connectivity index (χ4n) is 2.68. The Kier molecular flexibility index (Phi) is 4.04. The molecule has 0 aliphatic heterocycles. The van der Waals surface area contributed by atoms with E-state index < -0.39 is 0 Å². The fourth-order valence-corrected chi connectivity index (χ4v) is 4.52. The minimum Gasteiger partial charge on any atom is -0.397 e. The van der Waals surface area contributed by atoms with Gasteiger partial charge in [0.05, 0.1) is 16.3 Å². The smallest absolute Gasteiger partial charge is 0.265 e. The molecule has 21 heavy (non-hydrogen) atoms. The van der Waals surface area contributed by atoms with Crippen molar-refractivity contribution in [1.82, 2.24) is 0 Å². The number of amides is 1. The monoisotopic (exact) mass is 364 g/mol. The zero-order valence-corrected chi connectivity index (χ0v) is 14.2. The molecule has 110 valence electrons. The summed E-state index contributed by atoms with van der Waals surface area (Å²) in [4.78, 5) is 14.6. The van der Waals surface area contributed by atoms with Crippen LogP contribution in [0, 0.1) is 6.92 Å². The number of nitrogens with one attached hydrogen (secondary N) is 1. The summed E-state index contributed by atoms with van der Waals surface area (Å²) in [5.74, 6) is -0.0781. The van der Waals surface area contributed by atoms with Crippen molar-refractivity contribution in [3.05, 3.63) is 43.6 Å². The number of carbonyl (C=O) groups is 1. The van der Waals surface area contributed by atoms with Gasteiger partial charge >= 0.3 is 0 Å². The third-order valence-electron chi connectivity index (χ3n) is 3.72. The summed E-state index contributed by atoms with van der Waals surface area (Å²) >= 11 is 5.07. The van der Waals surface area contributed by atoms with Gasteiger partial charge in [-0.15, -0.1) is 11.3 Å². The summed E-state index contributed by atoms with van der Waals surface area (Å²) in [6.45, 7) is 1.97. The molecule has 3 rings (SSSR count). The zero-order chi connectivity index (χ0) is 15.0. The average Bonchev–Trinajstić information content (AvgIpc) is 2.86. The second kappa shape index (κ2) is 5.81. The normalized spacial score (nSPS) is 13.8. The lowest BCUT2D eigenvalue weighted by Crippen LogP contribution is -2.12. The second-order valence-electron chi connectivity index (χ2n) is 5.43. The lowest BCUT2D eigenvalue weighted by atomic mass is 9.99. The van der Waals surface area contributed by atoms with Gasteiger partial charge in [-0.2, -0.15) is 0 Å². The highest BCUT2D eigenvalue weighted by Gasteiger charge is 2.18. The third kappa shape index (κ3) is 2.99. The Hall–Kier alpha value is -1.33. The van der Waals surface area contributed by atoms with Gasteiger partial charge in [-0.3, -0.25) is 4.79 Å². The van der Waals surface area contributed by atoms with E-state index in [4.69, 9.17) is 5.73 Å². The highest BCUT2D eigenvalue weighted by molar-refractivity contribution is 9.10. The maximum absolute atomic E-state index is 12.4. The lowest BCUT2D eigenvalue weighted by molar-refractivity contribution is 0.103. The van der Waals surface area contributed by atoms with Crippen LogP contribution in [0.3, 0.4) is 0 Å². The minimum absolute atomic E-state index is 0.0781. The van der Waals surface area contributed by atoms with Gasteiger partial charge in [0, 0.05) is 9.35 Å². The van der Waals surface area contributed by atoms with Gasteiger partial charge in [0.15, 0.2) is 0 Å². The first kappa shape index (κ1) is 14.6. The van der Waals surface area contributed by atoms with E-state index in [1.807, 2.05) is 25.1 Å². The molecular formula is C16H17BrN2OS. The van der Waals surface area contributed by atoms with Gasteiger partial charge in [-0.25, -0.2) is 0 Å². The first-order valence-corrected chi connectivity index (χ1v) is 8.64. The van der Waals surface area contributed by atoms with Crippen molar-refractivity contribution in [2.24, 2.45) is 0 Å². The van der Waals surface area contributed by atoms with Crippen molar-refractivity contribution in [3.63, 3.8) is 0 Å². The molecule has 1 aliphatic carbocycles. The van der Waals surface area contributed by atoms with Crippen LogP contribution in [-0.2, 0) is 12.8 Å². The van der Waals surface area contributed by atoms with Gasteiger partial charge in [0.25, 0.3) is 5.91 Å². The van der Waals surface area contributed by atoms with E-state index in [1.165, 1.54) is 23.3 Å². The number of nitrogens with two attached hydrogens (primary N) is 1. The van der Waals surface area contributed by atoms with E-state index in [0.29, 0.717) is 11.4 Å². The Morgan fingerprint density at radius 1 is 1.29 bits per heavy atom. The molecule has 3 nitrogen and oxygen atoms in total. The zero-order valence-electron chi connectivity index (χ0n) is 11.8. The van der Waals surface area contributed by atoms with Gasteiger partial charge in [-0.05, 0) is 77.9 Å². The number of aryl methyl sites for hydroxylation is 3. The van der Waals surface area contributed by atoms with Gasteiger partial charge < -0.3 is 11.1 Å². The first-order valence-electron chi connectivity index (χ1n) is 7.03. The van der Waals surface area contributed by atoms with Crippen LogP contribution >= 0.6 is 27.3 Å².